The van der Waals surface area contributed by atoms with Crippen molar-refractivity contribution in [2.45, 2.75) is 45.2 Å². The van der Waals surface area contributed by atoms with Crippen LogP contribution >= 0.6 is 0 Å². The van der Waals surface area contributed by atoms with Crippen molar-refractivity contribution in [3.05, 3.63) is 0 Å². The van der Waals surface area contributed by atoms with Crippen molar-refractivity contribution in [1.29, 1.82) is 0 Å². The third kappa shape index (κ3) is 9.03. The number of aliphatic carboxylic acids is 3. The Morgan fingerprint density at radius 1 is 0.720 bits per heavy atom. The highest BCUT2D eigenvalue weighted by Gasteiger charge is 2.28. The molecule has 0 unspecified atom stereocenters. The number of hydrogen-bond acceptors (Lipinski definition) is 6. The van der Waals surface area contributed by atoms with Gasteiger partial charge >= 0.3 is 17.9 Å². The van der Waals surface area contributed by atoms with Gasteiger partial charge in [-0.05, 0) is 6.92 Å². The Balaban J connectivity index is 4.79. The van der Waals surface area contributed by atoms with Crippen LogP contribution < -0.4 is 10.6 Å². The molecule has 3 atom stereocenters. The topological polar surface area (TPSA) is 187 Å². The average Bonchev–Trinajstić information content (AvgIpc) is 2.44. The van der Waals surface area contributed by atoms with Crippen LogP contribution in [-0.2, 0) is 28.8 Å². The summed E-state index contributed by atoms with van der Waals surface area (Å²) in [5.74, 6) is -7.66. The highest BCUT2D eigenvalue weighted by Crippen LogP contribution is 2.03. The van der Waals surface area contributed by atoms with Crippen molar-refractivity contribution in [2.24, 2.45) is 5.92 Å². The highest BCUT2D eigenvalue weighted by molar-refractivity contribution is 5.92. The summed E-state index contributed by atoms with van der Waals surface area (Å²) >= 11 is 0. The Kier molecular flexibility index (Phi) is 8.81. The van der Waals surface area contributed by atoms with Gasteiger partial charge in [-0.1, -0.05) is 6.92 Å². The summed E-state index contributed by atoms with van der Waals surface area (Å²) in [6, 6.07) is -3.18. The first kappa shape index (κ1) is 22.0. The van der Waals surface area contributed by atoms with Crippen LogP contribution in [0.15, 0.2) is 0 Å². The van der Waals surface area contributed by atoms with Gasteiger partial charge in [0.1, 0.15) is 17.9 Å². The van der Waals surface area contributed by atoms with Gasteiger partial charge in [0, 0.05) is 12.8 Å². The molecule has 25 heavy (non-hydrogen) atoms. The molecular weight excluding hydrogens is 340 g/mol. The Morgan fingerprint density at radius 3 is 1.48 bits per heavy atom. The molecule has 0 rings (SSSR count). The zero-order valence-electron chi connectivity index (χ0n) is 13.6. The van der Waals surface area contributed by atoms with Crippen LogP contribution in [0.4, 0.5) is 0 Å². The van der Waals surface area contributed by atoms with E-state index in [9.17, 15) is 28.8 Å². The van der Waals surface area contributed by atoms with Crippen LogP contribution in [0.3, 0.4) is 0 Å². The van der Waals surface area contributed by atoms with Gasteiger partial charge in [0.15, 0.2) is 0 Å². The van der Waals surface area contributed by atoms with Crippen molar-refractivity contribution >= 4 is 35.5 Å². The summed E-state index contributed by atoms with van der Waals surface area (Å²) in [6.07, 6.45) is -1.73. The Bertz CT molecular complexity index is 573. The van der Waals surface area contributed by atoms with E-state index in [1.165, 1.54) is 6.92 Å². The average molecular weight is 360 g/mol. The minimum absolute atomic E-state index is 0.471. The quantitative estimate of drug-likeness (QED) is 0.295. The molecule has 0 aromatic heterocycles. The maximum absolute atomic E-state index is 11.8. The normalized spacial score (nSPS) is 13.8. The molecule has 0 aliphatic heterocycles. The van der Waals surface area contributed by atoms with Gasteiger partial charge in [-0.15, -0.1) is 0 Å². The predicted molar refractivity (Wildman–Crippen MR) is 80.5 cm³/mol. The summed E-state index contributed by atoms with van der Waals surface area (Å²) in [6.45, 7) is 2.38. The van der Waals surface area contributed by atoms with Crippen LogP contribution in [0.25, 0.3) is 0 Å². The van der Waals surface area contributed by atoms with Crippen molar-refractivity contribution in [1.82, 2.24) is 10.6 Å². The van der Waals surface area contributed by atoms with Crippen molar-refractivity contribution < 1.29 is 44.1 Å². The van der Waals surface area contributed by atoms with Gasteiger partial charge in [0.2, 0.25) is 11.8 Å². The fourth-order valence-corrected chi connectivity index (χ4v) is 1.74. The second-order valence-corrected chi connectivity index (χ2v) is 5.47. The van der Waals surface area contributed by atoms with E-state index >= 15 is 0 Å². The van der Waals surface area contributed by atoms with Gasteiger partial charge in [-0.3, -0.25) is 19.2 Å². The Morgan fingerprint density at radius 2 is 1.12 bits per heavy atom. The molecular formula is C14H20N2O9. The summed E-state index contributed by atoms with van der Waals surface area (Å²) in [5, 5.41) is 30.6. The third-order valence-electron chi connectivity index (χ3n) is 3.06. The molecule has 5 N–H and O–H groups in total. The first-order chi connectivity index (χ1) is 11.4. The molecule has 0 heterocycles. The zero-order valence-corrected chi connectivity index (χ0v) is 13.6. The van der Waals surface area contributed by atoms with E-state index in [-0.39, 0.29) is 0 Å². The SMILES string of the molecule is CC(=O)C[C@H](NC(=O)C[C@H](NC(=O)C[C@H](C)C(=O)O)C(=O)O)C(=O)O. The molecule has 0 saturated heterocycles. The minimum atomic E-state index is -1.67. The van der Waals surface area contributed by atoms with Crippen LogP contribution in [-0.4, -0.2) is 62.9 Å². The number of carboxylic acids is 3. The molecule has 0 radical (unpaired) electrons. The molecule has 2 amide bonds. The summed E-state index contributed by atoms with van der Waals surface area (Å²) < 4.78 is 0. The van der Waals surface area contributed by atoms with Gasteiger partial charge in [-0.2, -0.15) is 0 Å². The molecule has 11 nitrogen and oxygen atoms in total. The molecule has 0 aliphatic rings. The molecule has 0 saturated carbocycles. The number of hydrogen-bond donors (Lipinski definition) is 5. The number of carbonyl (C=O) groups excluding carboxylic acids is 3. The fourth-order valence-electron chi connectivity index (χ4n) is 1.74. The van der Waals surface area contributed by atoms with Gasteiger partial charge in [0.05, 0.1) is 12.3 Å². The lowest BCUT2D eigenvalue weighted by Gasteiger charge is -2.17. The second-order valence-electron chi connectivity index (χ2n) is 5.47. The maximum atomic E-state index is 11.8. The molecule has 0 aliphatic carbocycles. The third-order valence-corrected chi connectivity index (χ3v) is 3.06. The number of carbonyl (C=O) groups is 6. The standard InChI is InChI=1S/C14H20N2O9/c1-6(12(20)21)3-10(18)16-9(14(24)25)5-11(19)15-8(13(22)23)4-7(2)17/h6,8-9H,3-5H2,1-2H3,(H,15,19)(H,16,18)(H,20,21)(H,22,23)(H,24,25)/t6-,8-,9-/m0/s1. The first-order valence-electron chi connectivity index (χ1n) is 7.20. The Labute approximate surface area is 142 Å². The molecule has 11 heteroatoms. The molecule has 0 fully saturated rings. The lowest BCUT2D eigenvalue weighted by molar-refractivity contribution is -0.146. The Hall–Kier alpha value is -2.98. The molecule has 140 valence electrons. The monoisotopic (exact) mass is 360 g/mol. The van der Waals surface area contributed by atoms with Crippen molar-refractivity contribution in [2.75, 3.05) is 0 Å². The smallest absolute Gasteiger partial charge is 0.326 e. The number of ketones is 1. The first-order valence-corrected chi connectivity index (χ1v) is 7.20. The highest BCUT2D eigenvalue weighted by atomic mass is 16.4. The zero-order chi connectivity index (χ0) is 19.7. The van der Waals surface area contributed by atoms with E-state index in [0.29, 0.717) is 0 Å². The molecule has 0 spiro atoms. The second kappa shape index (κ2) is 10.0. The fraction of sp³-hybridized carbons (Fsp3) is 0.571. The predicted octanol–water partition coefficient (Wildman–Crippen LogP) is -1.39. The van der Waals surface area contributed by atoms with E-state index in [2.05, 4.69) is 0 Å². The lowest BCUT2D eigenvalue weighted by Crippen LogP contribution is -2.48. The minimum Gasteiger partial charge on any atom is -0.481 e. The van der Waals surface area contributed by atoms with E-state index < -0.39 is 72.8 Å². The van der Waals surface area contributed by atoms with Gasteiger partial charge in [0.25, 0.3) is 0 Å². The van der Waals surface area contributed by atoms with E-state index in [0.717, 1.165) is 6.92 Å². The van der Waals surface area contributed by atoms with Crippen LogP contribution in [0.1, 0.15) is 33.1 Å². The molecule has 0 bridgehead atoms. The largest absolute Gasteiger partial charge is 0.481 e. The van der Waals surface area contributed by atoms with E-state index in [4.69, 9.17) is 15.3 Å². The maximum Gasteiger partial charge on any atom is 0.326 e. The van der Waals surface area contributed by atoms with Crippen molar-refractivity contribution in [3.8, 4) is 0 Å². The van der Waals surface area contributed by atoms with Crippen LogP contribution in [0.5, 0.6) is 0 Å². The van der Waals surface area contributed by atoms with Crippen molar-refractivity contribution in [3.63, 3.8) is 0 Å². The molecule has 0 aromatic rings. The lowest BCUT2D eigenvalue weighted by atomic mass is 10.1. The summed E-state index contributed by atoms with van der Waals surface area (Å²) in [7, 11) is 0. The van der Waals surface area contributed by atoms with E-state index in [1.807, 2.05) is 10.6 Å². The summed E-state index contributed by atoms with van der Waals surface area (Å²) in [4.78, 5) is 67.1. The van der Waals surface area contributed by atoms with Gasteiger partial charge < -0.3 is 26.0 Å². The summed E-state index contributed by atoms with van der Waals surface area (Å²) in [5.41, 5.74) is 0. The van der Waals surface area contributed by atoms with Gasteiger partial charge in [-0.25, -0.2) is 9.59 Å². The number of amides is 2. The number of rotatable bonds is 11. The van der Waals surface area contributed by atoms with Crippen LogP contribution in [0.2, 0.25) is 0 Å². The number of nitrogens with one attached hydrogen (secondary N) is 2. The van der Waals surface area contributed by atoms with E-state index in [1.54, 1.807) is 0 Å². The van der Waals surface area contributed by atoms with Crippen LogP contribution in [0, 0.1) is 5.92 Å². The number of Topliss-reactive ketones (excluding diaryl/α,β-unsaturated/α-hetero) is 1. The molecule has 0 aromatic carbocycles. The number of carboxylic acid groups (broad SMARTS) is 3.